The molecule has 0 aromatic heterocycles. The van der Waals surface area contributed by atoms with Gasteiger partial charge in [0.05, 0.1) is 29.4 Å². The summed E-state index contributed by atoms with van der Waals surface area (Å²) in [6.07, 6.45) is 6.48. The Balaban J connectivity index is 2.99. The van der Waals surface area contributed by atoms with Crippen molar-refractivity contribution in [1.82, 2.24) is 0 Å². The van der Waals surface area contributed by atoms with Crippen molar-refractivity contribution in [1.29, 1.82) is 0 Å². The molecule has 0 saturated heterocycles. The lowest BCUT2D eigenvalue weighted by Gasteiger charge is -2.19. The molecule has 166 valence electrons. The van der Waals surface area contributed by atoms with Crippen molar-refractivity contribution in [3.63, 3.8) is 0 Å². The first-order valence-electron chi connectivity index (χ1n) is 10.3. The van der Waals surface area contributed by atoms with Crippen LogP contribution in [0.1, 0.15) is 95.4 Å². The predicted molar refractivity (Wildman–Crippen MR) is 114 cm³/mol. The highest BCUT2D eigenvalue weighted by atomic mass is 16.5. The summed E-state index contributed by atoms with van der Waals surface area (Å²) in [6.45, 7) is 8.30. The summed E-state index contributed by atoms with van der Waals surface area (Å²) in [4.78, 5) is 34.7. The van der Waals surface area contributed by atoms with E-state index in [0.717, 1.165) is 49.8 Å². The summed E-state index contributed by atoms with van der Waals surface area (Å²) < 4.78 is 5.91. The molecular formula is C23H32O7. The van der Waals surface area contributed by atoms with Crippen LogP contribution in [0.4, 0.5) is 0 Å². The van der Waals surface area contributed by atoms with E-state index in [1.54, 1.807) is 0 Å². The number of benzene rings is 1. The maximum Gasteiger partial charge on any atom is 0.336 e. The lowest BCUT2D eigenvalue weighted by Crippen LogP contribution is -2.18. The van der Waals surface area contributed by atoms with Gasteiger partial charge in [-0.3, -0.25) is 0 Å². The third-order valence-electron chi connectivity index (χ3n) is 4.89. The van der Waals surface area contributed by atoms with E-state index in [2.05, 4.69) is 13.5 Å². The topological polar surface area (TPSA) is 121 Å². The summed E-state index contributed by atoms with van der Waals surface area (Å²) in [6, 6.07) is 2.19. The molecule has 0 amide bonds. The molecule has 30 heavy (non-hydrogen) atoms. The van der Waals surface area contributed by atoms with Crippen LogP contribution < -0.4 is 0 Å². The van der Waals surface area contributed by atoms with E-state index in [-0.39, 0.29) is 23.7 Å². The van der Waals surface area contributed by atoms with E-state index in [0.29, 0.717) is 19.4 Å². The van der Waals surface area contributed by atoms with E-state index >= 15 is 0 Å². The van der Waals surface area contributed by atoms with Gasteiger partial charge in [-0.25, -0.2) is 14.4 Å². The van der Waals surface area contributed by atoms with Gasteiger partial charge in [0.15, 0.2) is 0 Å². The average molecular weight is 421 g/mol. The maximum atomic E-state index is 11.7. The van der Waals surface area contributed by atoms with Crippen molar-refractivity contribution in [3.8, 4) is 0 Å². The number of carboxylic acids is 3. The van der Waals surface area contributed by atoms with Gasteiger partial charge in [0.25, 0.3) is 0 Å². The number of carbonyl (C=O) groups is 3. The number of unbranched alkanes of at least 4 members (excludes halogenated alkanes) is 3. The third-order valence-corrected chi connectivity index (χ3v) is 4.89. The zero-order valence-corrected chi connectivity index (χ0v) is 17.8. The van der Waals surface area contributed by atoms with Crippen LogP contribution in [0.25, 0.3) is 0 Å². The highest BCUT2D eigenvalue weighted by Gasteiger charge is 2.25. The minimum atomic E-state index is -1.44. The van der Waals surface area contributed by atoms with E-state index in [9.17, 15) is 29.7 Å². The van der Waals surface area contributed by atoms with Crippen molar-refractivity contribution < 1.29 is 34.4 Å². The smallest absolute Gasteiger partial charge is 0.336 e. The van der Waals surface area contributed by atoms with Crippen LogP contribution in [0.2, 0.25) is 0 Å². The highest BCUT2D eigenvalue weighted by Crippen LogP contribution is 2.24. The average Bonchev–Trinajstić information content (AvgIpc) is 2.67. The molecule has 0 fully saturated rings. The lowest BCUT2D eigenvalue weighted by atomic mass is 9.91. The van der Waals surface area contributed by atoms with Gasteiger partial charge in [-0.15, -0.1) is 0 Å². The Morgan fingerprint density at radius 2 is 1.53 bits per heavy atom. The summed E-state index contributed by atoms with van der Waals surface area (Å²) in [7, 11) is 0. The number of ether oxygens (including phenoxy) is 1. The number of hydrogen-bond acceptors (Lipinski definition) is 4. The van der Waals surface area contributed by atoms with Gasteiger partial charge in [-0.2, -0.15) is 0 Å². The Kier molecular flexibility index (Phi) is 10.8. The molecule has 0 heterocycles. The third kappa shape index (κ3) is 7.99. The maximum absolute atomic E-state index is 11.7. The largest absolute Gasteiger partial charge is 0.478 e. The Bertz CT molecular complexity index is 767. The fourth-order valence-corrected chi connectivity index (χ4v) is 3.41. The van der Waals surface area contributed by atoms with Gasteiger partial charge in [-0.05, 0) is 50.3 Å². The first-order chi connectivity index (χ1) is 14.2. The van der Waals surface area contributed by atoms with E-state index < -0.39 is 29.0 Å². The molecule has 0 saturated carbocycles. The van der Waals surface area contributed by atoms with E-state index in [1.807, 2.05) is 6.92 Å². The van der Waals surface area contributed by atoms with Gasteiger partial charge in [-0.1, -0.05) is 44.8 Å². The van der Waals surface area contributed by atoms with Crippen molar-refractivity contribution in [2.45, 2.75) is 71.3 Å². The van der Waals surface area contributed by atoms with Crippen LogP contribution in [-0.4, -0.2) is 45.9 Å². The van der Waals surface area contributed by atoms with Crippen LogP contribution in [0.15, 0.2) is 24.3 Å². The van der Waals surface area contributed by atoms with E-state index in [1.165, 1.54) is 0 Å². The number of rotatable bonds is 15. The second-order valence-electron chi connectivity index (χ2n) is 7.56. The van der Waals surface area contributed by atoms with Crippen molar-refractivity contribution >= 4 is 17.9 Å². The number of hydrogen-bond donors (Lipinski definition) is 3. The molecule has 1 unspecified atom stereocenters. The Labute approximate surface area is 177 Å². The molecule has 0 radical (unpaired) electrons. The zero-order valence-electron chi connectivity index (χ0n) is 17.8. The highest BCUT2D eigenvalue weighted by molar-refractivity contribution is 6.05. The van der Waals surface area contributed by atoms with E-state index in [4.69, 9.17) is 4.74 Å². The minimum Gasteiger partial charge on any atom is -0.478 e. The first-order valence-corrected chi connectivity index (χ1v) is 10.3. The Morgan fingerprint density at radius 3 is 2.07 bits per heavy atom. The Hall–Kier alpha value is -2.67. The summed E-state index contributed by atoms with van der Waals surface area (Å²) in [5.41, 5.74) is -0.0924. The second kappa shape index (κ2) is 12.8. The molecule has 1 aromatic carbocycles. The van der Waals surface area contributed by atoms with Crippen LogP contribution >= 0.6 is 0 Å². The molecule has 7 nitrogen and oxygen atoms in total. The van der Waals surface area contributed by atoms with Gasteiger partial charge in [0.2, 0.25) is 0 Å². The molecule has 7 heteroatoms. The molecule has 0 aliphatic carbocycles. The quantitative estimate of drug-likeness (QED) is 0.268. The molecule has 0 aliphatic heterocycles. The van der Waals surface area contributed by atoms with Crippen molar-refractivity contribution in [2.75, 3.05) is 6.61 Å². The fraction of sp³-hybridized carbons (Fsp3) is 0.522. The number of aromatic carboxylic acids is 3. The van der Waals surface area contributed by atoms with Crippen LogP contribution in [-0.2, 0) is 11.2 Å². The number of carboxylic acid groups (broad SMARTS) is 3. The standard InChI is InChI=1S/C23H32O7/c1-4-5-6-7-9-16(30-14-15(2)3)10-8-11-17-18(21(24)25)12-13-19(22(26)27)20(17)23(28)29/h12-13,16H,2,4-11,14H2,1,3H3,(H,24,25)(H,26,27)(H,28,29). The second-order valence-corrected chi connectivity index (χ2v) is 7.56. The molecule has 0 aliphatic rings. The monoisotopic (exact) mass is 420 g/mol. The van der Waals surface area contributed by atoms with Crippen molar-refractivity contribution in [2.24, 2.45) is 0 Å². The summed E-state index contributed by atoms with van der Waals surface area (Å²) >= 11 is 0. The van der Waals surface area contributed by atoms with Crippen LogP contribution in [0.3, 0.4) is 0 Å². The Morgan fingerprint density at radius 1 is 0.933 bits per heavy atom. The SMILES string of the molecule is C=C(C)COC(CCCCCC)CCCc1c(C(=O)O)ccc(C(=O)O)c1C(=O)O. The zero-order chi connectivity index (χ0) is 22.7. The van der Waals surface area contributed by atoms with Crippen LogP contribution in [0.5, 0.6) is 0 Å². The lowest BCUT2D eigenvalue weighted by molar-refractivity contribution is 0.0538. The molecular weight excluding hydrogens is 388 g/mol. The predicted octanol–water partition coefficient (Wildman–Crippen LogP) is 5.04. The molecule has 0 spiro atoms. The molecule has 1 aromatic rings. The van der Waals surface area contributed by atoms with Gasteiger partial charge < -0.3 is 20.1 Å². The molecule has 0 bridgehead atoms. The van der Waals surface area contributed by atoms with Gasteiger partial charge in [0.1, 0.15) is 0 Å². The summed E-state index contributed by atoms with van der Waals surface area (Å²) in [5.74, 6) is -4.12. The fourth-order valence-electron chi connectivity index (χ4n) is 3.41. The minimum absolute atomic E-state index is 0.0391. The normalized spacial score (nSPS) is 11.8. The summed E-state index contributed by atoms with van der Waals surface area (Å²) in [5, 5.41) is 28.3. The molecule has 1 atom stereocenters. The molecule has 1 rings (SSSR count). The molecule has 3 N–H and O–H groups in total. The van der Waals surface area contributed by atoms with Crippen LogP contribution in [0, 0.1) is 0 Å². The first kappa shape index (κ1) is 25.4. The van der Waals surface area contributed by atoms with Crippen molar-refractivity contribution in [3.05, 3.63) is 46.5 Å². The van der Waals surface area contributed by atoms with Gasteiger partial charge in [0, 0.05) is 0 Å². The van der Waals surface area contributed by atoms with Gasteiger partial charge >= 0.3 is 17.9 Å².